The average molecular weight is 258 g/mol. The van der Waals surface area contributed by atoms with Gasteiger partial charge in [0.1, 0.15) is 17.5 Å². The lowest BCUT2D eigenvalue weighted by Gasteiger charge is -2.04. The third kappa shape index (κ3) is 5.21. The second-order valence-corrected chi connectivity index (χ2v) is 4.09. The monoisotopic (exact) mass is 258 g/mol. The number of amides is 1. The number of hydrogen-bond acceptors (Lipinski definition) is 4. The van der Waals surface area contributed by atoms with E-state index in [2.05, 4.69) is 15.6 Å². The number of nitrogens with one attached hydrogen (secondary N) is 2. The number of nitriles is 1. The molecule has 1 amide bonds. The van der Waals surface area contributed by atoms with Gasteiger partial charge in [-0.15, -0.1) is 0 Å². The highest BCUT2D eigenvalue weighted by Gasteiger charge is 2.07. The average Bonchev–Trinajstić information content (AvgIpc) is 2.40. The summed E-state index contributed by atoms with van der Waals surface area (Å²) in [6, 6.07) is 7.37. The quantitative estimate of drug-likeness (QED) is 0.465. The predicted molar refractivity (Wildman–Crippen MR) is 74.2 cm³/mol. The Morgan fingerprint density at radius 3 is 2.95 bits per heavy atom. The van der Waals surface area contributed by atoms with Gasteiger partial charge in [0, 0.05) is 18.4 Å². The summed E-state index contributed by atoms with van der Waals surface area (Å²) in [5, 5.41) is 14.5. The predicted octanol–water partition coefficient (Wildman–Crippen LogP) is 2.13. The number of nitrogens with zero attached hydrogens (tertiary/aromatic N) is 2. The SMILES string of the molecule is CCCCNC(=O)/C(C#N)=C\Nc1cccc(C)n1. The molecule has 0 aromatic carbocycles. The molecule has 1 aromatic heterocycles. The van der Waals surface area contributed by atoms with Gasteiger partial charge in [0.25, 0.3) is 5.91 Å². The molecule has 5 nitrogen and oxygen atoms in total. The first-order chi connectivity index (χ1) is 9.17. The van der Waals surface area contributed by atoms with E-state index in [9.17, 15) is 4.79 Å². The van der Waals surface area contributed by atoms with Gasteiger partial charge < -0.3 is 10.6 Å². The van der Waals surface area contributed by atoms with Crippen molar-refractivity contribution in [2.45, 2.75) is 26.7 Å². The molecule has 0 radical (unpaired) electrons. The van der Waals surface area contributed by atoms with Crippen molar-refractivity contribution < 1.29 is 4.79 Å². The number of aryl methyl sites for hydroxylation is 1. The Labute approximate surface area is 113 Å². The van der Waals surface area contributed by atoms with E-state index in [0.29, 0.717) is 12.4 Å². The Kier molecular flexibility index (Phi) is 6.10. The molecular formula is C14H18N4O. The van der Waals surface area contributed by atoms with E-state index >= 15 is 0 Å². The molecule has 2 N–H and O–H groups in total. The smallest absolute Gasteiger partial charge is 0.263 e. The number of carbonyl (C=O) groups is 1. The van der Waals surface area contributed by atoms with Gasteiger partial charge in [-0.2, -0.15) is 5.26 Å². The van der Waals surface area contributed by atoms with E-state index in [1.165, 1.54) is 6.20 Å². The van der Waals surface area contributed by atoms with Crippen molar-refractivity contribution in [1.82, 2.24) is 10.3 Å². The highest BCUT2D eigenvalue weighted by molar-refractivity contribution is 5.97. The molecule has 0 fully saturated rings. The molecule has 0 unspecified atom stereocenters. The number of hydrogen-bond donors (Lipinski definition) is 2. The van der Waals surface area contributed by atoms with Crippen molar-refractivity contribution in [2.75, 3.05) is 11.9 Å². The fourth-order valence-corrected chi connectivity index (χ4v) is 1.39. The summed E-state index contributed by atoms with van der Waals surface area (Å²) in [6.45, 7) is 4.49. The van der Waals surface area contributed by atoms with Gasteiger partial charge >= 0.3 is 0 Å². The third-order valence-corrected chi connectivity index (χ3v) is 2.43. The van der Waals surface area contributed by atoms with Crippen molar-refractivity contribution >= 4 is 11.7 Å². The molecule has 5 heteroatoms. The third-order valence-electron chi connectivity index (χ3n) is 2.43. The van der Waals surface area contributed by atoms with Crippen LogP contribution in [0.25, 0.3) is 0 Å². The molecular weight excluding hydrogens is 240 g/mol. The molecule has 1 heterocycles. The number of pyridine rings is 1. The normalized spacial score (nSPS) is 10.7. The lowest BCUT2D eigenvalue weighted by Crippen LogP contribution is -2.25. The van der Waals surface area contributed by atoms with Crippen LogP contribution in [0, 0.1) is 18.3 Å². The minimum Gasteiger partial charge on any atom is -0.351 e. The van der Waals surface area contributed by atoms with Gasteiger partial charge in [0.05, 0.1) is 0 Å². The van der Waals surface area contributed by atoms with E-state index in [4.69, 9.17) is 5.26 Å². The lowest BCUT2D eigenvalue weighted by molar-refractivity contribution is -0.117. The van der Waals surface area contributed by atoms with Crippen LogP contribution >= 0.6 is 0 Å². The van der Waals surface area contributed by atoms with Crippen molar-refractivity contribution in [3.05, 3.63) is 35.7 Å². The van der Waals surface area contributed by atoms with Crippen LogP contribution in [0.1, 0.15) is 25.5 Å². The molecule has 0 saturated carbocycles. The highest BCUT2D eigenvalue weighted by Crippen LogP contribution is 2.04. The van der Waals surface area contributed by atoms with Crippen molar-refractivity contribution in [2.24, 2.45) is 0 Å². The first-order valence-electron chi connectivity index (χ1n) is 6.26. The maximum Gasteiger partial charge on any atom is 0.263 e. The number of unbranched alkanes of at least 4 members (excludes halogenated alkanes) is 1. The molecule has 100 valence electrons. The number of anilines is 1. The number of aromatic nitrogens is 1. The molecule has 0 spiro atoms. The van der Waals surface area contributed by atoms with Gasteiger partial charge in [-0.25, -0.2) is 4.98 Å². The zero-order valence-corrected chi connectivity index (χ0v) is 11.2. The fraction of sp³-hybridized carbons (Fsp3) is 0.357. The maximum atomic E-state index is 11.7. The summed E-state index contributed by atoms with van der Waals surface area (Å²) in [7, 11) is 0. The molecule has 0 aliphatic heterocycles. The summed E-state index contributed by atoms with van der Waals surface area (Å²) < 4.78 is 0. The molecule has 0 bridgehead atoms. The van der Waals surface area contributed by atoms with Gasteiger partial charge in [-0.3, -0.25) is 4.79 Å². The summed E-state index contributed by atoms with van der Waals surface area (Å²) in [6.07, 6.45) is 3.28. The summed E-state index contributed by atoms with van der Waals surface area (Å²) >= 11 is 0. The van der Waals surface area contributed by atoms with Gasteiger partial charge in [0.2, 0.25) is 0 Å². The summed E-state index contributed by atoms with van der Waals surface area (Å²) in [4.78, 5) is 15.9. The first-order valence-corrected chi connectivity index (χ1v) is 6.26. The van der Waals surface area contributed by atoms with E-state index in [-0.39, 0.29) is 11.5 Å². The molecule has 1 aromatic rings. The summed E-state index contributed by atoms with van der Waals surface area (Å²) in [5.41, 5.74) is 0.906. The zero-order chi connectivity index (χ0) is 14.1. The zero-order valence-electron chi connectivity index (χ0n) is 11.2. The standard InChI is InChI=1S/C14H18N4O/c1-3-4-8-16-14(19)12(9-15)10-17-13-7-5-6-11(2)18-13/h5-7,10H,3-4,8H2,1-2H3,(H,16,19)(H,17,18)/b12-10-. The Morgan fingerprint density at radius 2 is 2.32 bits per heavy atom. The summed E-state index contributed by atoms with van der Waals surface area (Å²) in [5.74, 6) is 0.241. The van der Waals surface area contributed by atoms with Crippen LogP contribution in [0.15, 0.2) is 30.0 Å². The minimum atomic E-state index is -0.365. The van der Waals surface area contributed by atoms with Crippen LogP contribution in [0.3, 0.4) is 0 Å². The van der Waals surface area contributed by atoms with Gasteiger partial charge in [-0.05, 0) is 25.5 Å². The topological polar surface area (TPSA) is 77.8 Å². The Hall–Kier alpha value is -2.35. The van der Waals surface area contributed by atoms with Crippen LogP contribution in [0.5, 0.6) is 0 Å². The minimum absolute atomic E-state index is 0.0411. The van der Waals surface area contributed by atoms with Crippen LogP contribution in [0.4, 0.5) is 5.82 Å². The van der Waals surface area contributed by atoms with E-state index < -0.39 is 0 Å². The number of carbonyl (C=O) groups excluding carboxylic acids is 1. The highest BCUT2D eigenvalue weighted by atomic mass is 16.1. The molecule has 0 saturated heterocycles. The Morgan fingerprint density at radius 1 is 1.53 bits per heavy atom. The van der Waals surface area contributed by atoms with Gasteiger partial charge in [0.15, 0.2) is 0 Å². The van der Waals surface area contributed by atoms with E-state index in [1.54, 1.807) is 6.07 Å². The van der Waals surface area contributed by atoms with Crippen LogP contribution < -0.4 is 10.6 Å². The molecule has 0 aliphatic carbocycles. The number of rotatable bonds is 6. The van der Waals surface area contributed by atoms with Crippen LogP contribution in [-0.4, -0.2) is 17.4 Å². The largest absolute Gasteiger partial charge is 0.351 e. The maximum absolute atomic E-state index is 11.7. The molecule has 0 atom stereocenters. The van der Waals surface area contributed by atoms with Crippen LogP contribution in [-0.2, 0) is 4.79 Å². The fourth-order valence-electron chi connectivity index (χ4n) is 1.39. The van der Waals surface area contributed by atoms with Gasteiger partial charge in [-0.1, -0.05) is 19.4 Å². The Bertz CT molecular complexity index is 502. The Balaban J connectivity index is 2.62. The first kappa shape index (κ1) is 14.7. The second-order valence-electron chi connectivity index (χ2n) is 4.09. The lowest BCUT2D eigenvalue weighted by atomic mass is 10.2. The van der Waals surface area contributed by atoms with Crippen molar-refractivity contribution in [1.29, 1.82) is 5.26 Å². The van der Waals surface area contributed by atoms with Crippen LogP contribution in [0.2, 0.25) is 0 Å². The molecule has 0 aliphatic rings. The van der Waals surface area contributed by atoms with E-state index in [1.807, 2.05) is 32.0 Å². The molecule has 19 heavy (non-hydrogen) atoms. The van der Waals surface area contributed by atoms with E-state index in [0.717, 1.165) is 18.5 Å². The van der Waals surface area contributed by atoms with Crippen molar-refractivity contribution in [3.8, 4) is 6.07 Å². The second kappa shape index (κ2) is 7.88. The molecule has 1 rings (SSSR count). The van der Waals surface area contributed by atoms with Crippen molar-refractivity contribution in [3.63, 3.8) is 0 Å².